The van der Waals surface area contributed by atoms with E-state index in [1.165, 1.54) is 16.5 Å². The Labute approximate surface area is 173 Å². The first-order valence-corrected chi connectivity index (χ1v) is 10.1. The second kappa shape index (κ2) is 8.25. The van der Waals surface area contributed by atoms with E-state index in [2.05, 4.69) is 34.1 Å². The number of benzene rings is 1. The highest BCUT2D eigenvalue weighted by molar-refractivity contribution is 5.75. The monoisotopic (exact) mass is 412 g/mol. The molecule has 0 bridgehead atoms. The van der Waals surface area contributed by atoms with Crippen molar-refractivity contribution in [3.63, 3.8) is 0 Å². The summed E-state index contributed by atoms with van der Waals surface area (Å²) in [5.41, 5.74) is 0.839. The summed E-state index contributed by atoms with van der Waals surface area (Å²) < 4.78 is 15.6. The van der Waals surface area contributed by atoms with Gasteiger partial charge in [-0.1, -0.05) is 26.0 Å². The van der Waals surface area contributed by atoms with Crippen LogP contribution in [0.4, 0.5) is 10.2 Å². The molecule has 1 aliphatic heterocycles. The fourth-order valence-electron chi connectivity index (χ4n) is 4.09. The van der Waals surface area contributed by atoms with Gasteiger partial charge in [-0.25, -0.2) is 23.3 Å². The van der Waals surface area contributed by atoms with E-state index in [-0.39, 0.29) is 30.5 Å². The lowest BCUT2D eigenvalue weighted by molar-refractivity contribution is -0.122. The van der Waals surface area contributed by atoms with Crippen molar-refractivity contribution in [3.05, 3.63) is 58.5 Å². The van der Waals surface area contributed by atoms with Crippen LogP contribution in [0, 0.1) is 17.7 Å². The Bertz CT molecular complexity index is 1100. The van der Waals surface area contributed by atoms with Gasteiger partial charge in [-0.15, -0.1) is 5.10 Å². The van der Waals surface area contributed by atoms with E-state index in [9.17, 15) is 14.0 Å². The van der Waals surface area contributed by atoms with Gasteiger partial charge in [0, 0.05) is 32.0 Å². The molecule has 3 heterocycles. The van der Waals surface area contributed by atoms with Crippen molar-refractivity contribution in [2.75, 3.05) is 18.0 Å². The van der Waals surface area contributed by atoms with Crippen molar-refractivity contribution in [1.29, 1.82) is 0 Å². The molecule has 2 atom stereocenters. The molecule has 1 saturated heterocycles. The predicted molar refractivity (Wildman–Crippen MR) is 111 cm³/mol. The van der Waals surface area contributed by atoms with Gasteiger partial charge < -0.3 is 10.2 Å². The van der Waals surface area contributed by atoms with Gasteiger partial charge in [0.1, 0.15) is 12.4 Å². The van der Waals surface area contributed by atoms with Crippen LogP contribution in [-0.4, -0.2) is 38.2 Å². The number of nitrogens with one attached hydrogen (secondary N) is 1. The van der Waals surface area contributed by atoms with Crippen molar-refractivity contribution < 1.29 is 9.18 Å². The van der Waals surface area contributed by atoms with Gasteiger partial charge in [0.05, 0.1) is 0 Å². The number of piperidine rings is 1. The molecule has 1 aliphatic rings. The van der Waals surface area contributed by atoms with Crippen molar-refractivity contribution >= 4 is 17.4 Å². The molecule has 1 fully saturated rings. The molecule has 0 spiro atoms. The van der Waals surface area contributed by atoms with Crippen LogP contribution in [0.3, 0.4) is 0 Å². The van der Waals surface area contributed by atoms with E-state index in [4.69, 9.17) is 0 Å². The SMILES string of the molecule is C[C@@H]1C[C@@H](C)CN(c2nccn3c(=O)n(CC(=O)NCc4ccc(F)cc4)nc23)C1. The Morgan fingerprint density at radius 3 is 2.60 bits per heavy atom. The average Bonchev–Trinajstić information content (AvgIpc) is 3.02. The smallest absolute Gasteiger partial charge is 0.350 e. The maximum absolute atomic E-state index is 13.0. The summed E-state index contributed by atoms with van der Waals surface area (Å²) >= 11 is 0. The molecular weight excluding hydrogens is 387 g/mol. The zero-order valence-electron chi connectivity index (χ0n) is 17.1. The van der Waals surface area contributed by atoms with Crippen LogP contribution < -0.4 is 15.9 Å². The van der Waals surface area contributed by atoms with Gasteiger partial charge in [-0.3, -0.25) is 4.79 Å². The van der Waals surface area contributed by atoms with E-state index in [1.807, 2.05) is 0 Å². The molecule has 0 unspecified atom stereocenters. The third kappa shape index (κ3) is 4.19. The highest BCUT2D eigenvalue weighted by Crippen LogP contribution is 2.26. The summed E-state index contributed by atoms with van der Waals surface area (Å²) in [6, 6.07) is 5.88. The van der Waals surface area contributed by atoms with Crippen LogP contribution >= 0.6 is 0 Å². The zero-order chi connectivity index (χ0) is 21.3. The van der Waals surface area contributed by atoms with Gasteiger partial charge in [0.25, 0.3) is 0 Å². The van der Waals surface area contributed by atoms with Crippen LogP contribution in [0.1, 0.15) is 25.8 Å². The molecule has 3 aromatic rings. The number of hydrogen-bond donors (Lipinski definition) is 1. The van der Waals surface area contributed by atoms with Gasteiger partial charge >= 0.3 is 5.69 Å². The standard InChI is InChI=1S/C21H25FN6O2/c1-14-9-15(2)12-26(11-14)19-20-25-28(21(30)27(20)8-7-23-19)13-18(29)24-10-16-3-5-17(22)6-4-16/h3-8,14-15H,9-13H2,1-2H3,(H,24,29)/t14-,15-/m1/s1. The molecule has 0 aliphatic carbocycles. The van der Waals surface area contributed by atoms with Crippen LogP contribution in [0.2, 0.25) is 0 Å². The minimum atomic E-state index is -0.385. The molecule has 0 saturated carbocycles. The minimum absolute atomic E-state index is 0.200. The molecule has 8 nitrogen and oxygen atoms in total. The van der Waals surface area contributed by atoms with Crippen molar-refractivity contribution in [1.82, 2.24) is 24.5 Å². The second-order valence-electron chi connectivity index (χ2n) is 8.14. The Balaban J connectivity index is 1.52. The topological polar surface area (TPSA) is 84.5 Å². The van der Waals surface area contributed by atoms with Gasteiger partial charge in [-0.05, 0) is 36.0 Å². The summed E-state index contributed by atoms with van der Waals surface area (Å²) in [7, 11) is 0. The van der Waals surface area contributed by atoms with E-state index < -0.39 is 0 Å². The molecule has 1 N–H and O–H groups in total. The largest absolute Gasteiger partial charge is 0.353 e. The zero-order valence-corrected chi connectivity index (χ0v) is 17.1. The number of carbonyl (C=O) groups excluding carboxylic acids is 1. The number of hydrogen-bond acceptors (Lipinski definition) is 5. The summed E-state index contributed by atoms with van der Waals surface area (Å²) in [5.74, 6) is 1.05. The molecular formula is C21H25FN6O2. The highest BCUT2D eigenvalue weighted by atomic mass is 19.1. The summed E-state index contributed by atoms with van der Waals surface area (Å²) in [4.78, 5) is 31.7. The number of fused-ring (bicyclic) bond motifs is 1. The van der Waals surface area contributed by atoms with E-state index in [0.29, 0.717) is 23.3 Å². The fourth-order valence-corrected chi connectivity index (χ4v) is 4.09. The molecule has 0 radical (unpaired) electrons. The van der Waals surface area contributed by atoms with Crippen molar-refractivity contribution in [3.8, 4) is 0 Å². The van der Waals surface area contributed by atoms with Crippen LogP contribution in [0.5, 0.6) is 0 Å². The first-order valence-electron chi connectivity index (χ1n) is 10.1. The van der Waals surface area contributed by atoms with Crippen LogP contribution in [0.15, 0.2) is 41.5 Å². The molecule has 1 amide bonds. The maximum Gasteiger partial charge on any atom is 0.350 e. The average molecular weight is 412 g/mol. The van der Waals surface area contributed by atoms with E-state index >= 15 is 0 Å². The molecule has 9 heteroatoms. The van der Waals surface area contributed by atoms with Crippen molar-refractivity contribution in [2.45, 2.75) is 33.4 Å². The molecule has 1 aromatic carbocycles. The Morgan fingerprint density at radius 1 is 1.20 bits per heavy atom. The summed E-state index contributed by atoms with van der Waals surface area (Å²) in [6.07, 6.45) is 4.32. The molecule has 158 valence electrons. The number of carbonyl (C=O) groups is 1. The van der Waals surface area contributed by atoms with Crippen molar-refractivity contribution in [2.24, 2.45) is 11.8 Å². The molecule has 4 rings (SSSR count). The molecule has 30 heavy (non-hydrogen) atoms. The third-order valence-electron chi connectivity index (χ3n) is 5.35. The number of aromatic nitrogens is 4. The number of amides is 1. The minimum Gasteiger partial charge on any atom is -0.353 e. The predicted octanol–water partition coefficient (Wildman–Crippen LogP) is 1.83. The fraction of sp³-hybridized carbons (Fsp3) is 0.429. The lowest BCUT2D eigenvalue weighted by Crippen LogP contribution is -2.39. The Kier molecular flexibility index (Phi) is 5.52. The highest BCUT2D eigenvalue weighted by Gasteiger charge is 2.25. The lowest BCUT2D eigenvalue weighted by atomic mass is 9.92. The number of nitrogens with zero attached hydrogens (tertiary/aromatic N) is 5. The maximum atomic E-state index is 13.0. The van der Waals surface area contributed by atoms with Crippen LogP contribution in [0.25, 0.3) is 5.65 Å². The summed E-state index contributed by atoms with van der Waals surface area (Å²) in [6.45, 7) is 6.18. The number of anilines is 1. The first kappa shape index (κ1) is 20.1. The lowest BCUT2D eigenvalue weighted by Gasteiger charge is -2.35. The van der Waals surface area contributed by atoms with Gasteiger partial charge in [0.15, 0.2) is 5.82 Å². The number of rotatable bonds is 5. The quantitative estimate of drug-likeness (QED) is 0.691. The Morgan fingerprint density at radius 2 is 1.90 bits per heavy atom. The number of halogens is 1. The normalized spacial score (nSPS) is 19.2. The third-order valence-corrected chi connectivity index (χ3v) is 5.35. The van der Waals surface area contributed by atoms with E-state index in [0.717, 1.165) is 29.8 Å². The summed E-state index contributed by atoms with van der Waals surface area (Å²) in [5, 5.41) is 7.13. The van der Waals surface area contributed by atoms with Gasteiger partial charge in [0.2, 0.25) is 11.6 Å². The molecule has 2 aromatic heterocycles. The Hall–Kier alpha value is -3.23. The van der Waals surface area contributed by atoms with Gasteiger partial charge in [-0.2, -0.15) is 0 Å². The van der Waals surface area contributed by atoms with Crippen LogP contribution in [-0.2, 0) is 17.9 Å². The van der Waals surface area contributed by atoms with E-state index in [1.54, 1.807) is 24.5 Å². The first-order chi connectivity index (χ1) is 14.4. The second-order valence-corrected chi connectivity index (χ2v) is 8.14.